The third-order valence-electron chi connectivity index (χ3n) is 3.39. The Hall–Kier alpha value is -1.93. The quantitative estimate of drug-likeness (QED) is 0.889. The van der Waals surface area contributed by atoms with Crippen LogP contribution in [0, 0.1) is 0 Å². The predicted molar refractivity (Wildman–Crippen MR) is 72.4 cm³/mol. The summed E-state index contributed by atoms with van der Waals surface area (Å²) in [5, 5.41) is 3.34. The summed E-state index contributed by atoms with van der Waals surface area (Å²) in [6.45, 7) is 2.02. The van der Waals surface area contributed by atoms with Gasteiger partial charge in [0.2, 0.25) is 0 Å². The molecule has 2 nitrogen and oxygen atoms in total. The molecule has 0 saturated carbocycles. The van der Waals surface area contributed by atoms with Crippen molar-refractivity contribution in [2.24, 2.45) is 0 Å². The van der Waals surface area contributed by atoms with Gasteiger partial charge in [0.25, 0.3) is 0 Å². The number of rotatable bonds is 3. The van der Waals surface area contributed by atoms with E-state index in [2.05, 4.69) is 41.7 Å². The van der Waals surface area contributed by atoms with Crippen LogP contribution < -0.4 is 5.32 Å². The maximum atomic E-state index is 11.2. The van der Waals surface area contributed by atoms with E-state index < -0.39 is 0 Å². The highest BCUT2D eigenvalue weighted by Gasteiger charge is 2.27. The molecule has 1 aliphatic carbocycles. The topological polar surface area (TPSA) is 29.1 Å². The maximum Gasteiger partial charge on any atom is 0.143 e. The molecule has 0 unspecified atom stereocenters. The van der Waals surface area contributed by atoms with Gasteiger partial charge in [-0.05, 0) is 29.2 Å². The van der Waals surface area contributed by atoms with Crippen molar-refractivity contribution in [2.75, 3.05) is 6.54 Å². The summed E-state index contributed by atoms with van der Waals surface area (Å²) in [4.78, 5) is 11.2. The molecule has 0 bridgehead atoms. The molecule has 90 valence electrons. The Bertz CT molecular complexity index is 558. The van der Waals surface area contributed by atoms with Gasteiger partial charge in [0, 0.05) is 0 Å². The lowest BCUT2D eigenvalue weighted by Crippen LogP contribution is -2.25. The highest BCUT2D eigenvalue weighted by atomic mass is 16.1. The van der Waals surface area contributed by atoms with Crippen molar-refractivity contribution in [3.05, 3.63) is 59.7 Å². The lowest BCUT2D eigenvalue weighted by Gasteiger charge is -2.14. The van der Waals surface area contributed by atoms with E-state index in [1.165, 1.54) is 22.3 Å². The molecule has 0 saturated heterocycles. The first-order valence-electron chi connectivity index (χ1n) is 6.18. The van der Waals surface area contributed by atoms with Crippen molar-refractivity contribution in [3.63, 3.8) is 0 Å². The average Bonchev–Trinajstić information content (AvgIpc) is 2.71. The number of fused-ring (bicyclic) bond motifs is 3. The predicted octanol–water partition coefficient (Wildman–Crippen LogP) is 2.94. The highest BCUT2D eigenvalue weighted by Crippen LogP contribution is 2.42. The second-order valence-electron chi connectivity index (χ2n) is 4.69. The Morgan fingerprint density at radius 2 is 1.50 bits per heavy atom. The Morgan fingerprint density at radius 3 is 2.00 bits per heavy atom. The summed E-state index contributed by atoms with van der Waals surface area (Å²) in [5.41, 5.74) is 5.07. The molecule has 18 heavy (non-hydrogen) atoms. The second-order valence-corrected chi connectivity index (χ2v) is 4.69. The minimum atomic E-state index is 0.140. The van der Waals surface area contributed by atoms with Crippen LogP contribution in [0.3, 0.4) is 0 Å². The molecule has 3 rings (SSSR count). The molecule has 0 heterocycles. The van der Waals surface area contributed by atoms with E-state index in [1.807, 2.05) is 12.1 Å². The third-order valence-corrected chi connectivity index (χ3v) is 3.39. The normalized spacial score (nSPS) is 13.2. The van der Waals surface area contributed by atoms with Gasteiger partial charge in [0.15, 0.2) is 0 Å². The van der Waals surface area contributed by atoms with Gasteiger partial charge < -0.3 is 0 Å². The van der Waals surface area contributed by atoms with Crippen LogP contribution in [0.1, 0.15) is 24.1 Å². The molecular weight excluding hydrogens is 222 g/mol. The fourth-order valence-corrected chi connectivity index (χ4v) is 2.62. The summed E-state index contributed by atoms with van der Waals surface area (Å²) in [6, 6.07) is 16.9. The molecule has 0 fully saturated rings. The molecule has 1 aliphatic rings. The van der Waals surface area contributed by atoms with E-state index in [0.717, 1.165) is 0 Å². The zero-order valence-electron chi connectivity index (χ0n) is 10.3. The SMILES string of the molecule is CC(=O)CNC1c2ccccc2-c2ccccc21. The number of hydrogen-bond acceptors (Lipinski definition) is 2. The lowest BCUT2D eigenvalue weighted by atomic mass is 10.1. The Morgan fingerprint density at radius 1 is 1.00 bits per heavy atom. The summed E-state index contributed by atoms with van der Waals surface area (Å²) in [5.74, 6) is 0.164. The number of carbonyl (C=O) groups excluding carboxylic acids is 1. The van der Waals surface area contributed by atoms with Crippen LogP contribution >= 0.6 is 0 Å². The monoisotopic (exact) mass is 237 g/mol. The molecule has 2 aromatic rings. The van der Waals surface area contributed by atoms with E-state index in [0.29, 0.717) is 6.54 Å². The van der Waals surface area contributed by atoms with Crippen LogP contribution in [-0.2, 0) is 4.79 Å². The molecular formula is C16H15NO. The minimum absolute atomic E-state index is 0.140. The Balaban J connectivity index is 2.06. The van der Waals surface area contributed by atoms with E-state index in [9.17, 15) is 4.79 Å². The van der Waals surface area contributed by atoms with Gasteiger partial charge in [-0.15, -0.1) is 0 Å². The zero-order chi connectivity index (χ0) is 12.5. The van der Waals surface area contributed by atoms with Gasteiger partial charge in [0.05, 0.1) is 12.6 Å². The fourth-order valence-electron chi connectivity index (χ4n) is 2.62. The number of Topliss-reactive ketones (excluding diaryl/α,β-unsaturated/α-hetero) is 1. The Kier molecular flexibility index (Phi) is 2.73. The van der Waals surface area contributed by atoms with Gasteiger partial charge in [-0.2, -0.15) is 0 Å². The molecule has 0 spiro atoms. The first-order valence-corrected chi connectivity index (χ1v) is 6.18. The van der Waals surface area contributed by atoms with E-state index in [1.54, 1.807) is 6.92 Å². The number of benzene rings is 2. The van der Waals surface area contributed by atoms with Crippen LogP contribution in [-0.4, -0.2) is 12.3 Å². The number of carbonyl (C=O) groups is 1. The van der Waals surface area contributed by atoms with Gasteiger partial charge in [-0.25, -0.2) is 0 Å². The third kappa shape index (κ3) is 1.75. The highest BCUT2D eigenvalue weighted by molar-refractivity contribution is 5.80. The van der Waals surface area contributed by atoms with Crippen molar-refractivity contribution < 1.29 is 4.79 Å². The summed E-state index contributed by atoms with van der Waals surface area (Å²) >= 11 is 0. The van der Waals surface area contributed by atoms with Crippen LogP contribution in [0.15, 0.2) is 48.5 Å². The molecule has 1 N–H and O–H groups in total. The first kappa shape index (κ1) is 11.2. The smallest absolute Gasteiger partial charge is 0.143 e. The Labute approximate surface area is 107 Å². The van der Waals surface area contributed by atoms with Gasteiger partial charge in [-0.1, -0.05) is 48.5 Å². The molecule has 0 amide bonds. The van der Waals surface area contributed by atoms with Crippen molar-refractivity contribution in [2.45, 2.75) is 13.0 Å². The fraction of sp³-hybridized carbons (Fsp3) is 0.188. The number of nitrogens with one attached hydrogen (secondary N) is 1. The van der Waals surface area contributed by atoms with Gasteiger partial charge in [0.1, 0.15) is 5.78 Å². The summed E-state index contributed by atoms with van der Waals surface area (Å²) < 4.78 is 0. The zero-order valence-corrected chi connectivity index (χ0v) is 10.3. The summed E-state index contributed by atoms with van der Waals surface area (Å²) in [7, 11) is 0. The molecule has 0 aromatic heterocycles. The molecule has 0 radical (unpaired) electrons. The first-order chi connectivity index (χ1) is 8.77. The van der Waals surface area contributed by atoms with Crippen LogP contribution in [0.4, 0.5) is 0 Å². The van der Waals surface area contributed by atoms with Crippen molar-refractivity contribution >= 4 is 5.78 Å². The lowest BCUT2D eigenvalue weighted by molar-refractivity contribution is -0.116. The molecule has 0 atom stereocenters. The van der Waals surface area contributed by atoms with Crippen molar-refractivity contribution in [1.82, 2.24) is 5.32 Å². The van der Waals surface area contributed by atoms with Gasteiger partial charge in [-0.3, -0.25) is 10.1 Å². The molecule has 2 aromatic carbocycles. The van der Waals surface area contributed by atoms with E-state index in [-0.39, 0.29) is 11.8 Å². The second kappa shape index (κ2) is 4.39. The van der Waals surface area contributed by atoms with Crippen molar-refractivity contribution in [3.8, 4) is 11.1 Å². The van der Waals surface area contributed by atoms with Gasteiger partial charge >= 0.3 is 0 Å². The van der Waals surface area contributed by atoms with Crippen LogP contribution in [0.5, 0.6) is 0 Å². The van der Waals surface area contributed by atoms with Crippen molar-refractivity contribution in [1.29, 1.82) is 0 Å². The van der Waals surface area contributed by atoms with E-state index in [4.69, 9.17) is 0 Å². The average molecular weight is 237 g/mol. The standard InChI is InChI=1S/C16H15NO/c1-11(18)10-17-16-14-8-4-2-6-12(14)13-7-3-5-9-15(13)16/h2-9,16-17H,10H2,1H3. The minimum Gasteiger partial charge on any atom is -0.299 e. The maximum absolute atomic E-state index is 11.2. The van der Waals surface area contributed by atoms with Crippen LogP contribution in [0.2, 0.25) is 0 Å². The summed E-state index contributed by atoms with van der Waals surface area (Å²) in [6.07, 6.45) is 0. The number of hydrogen-bond donors (Lipinski definition) is 1. The van der Waals surface area contributed by atoms with E-state index >= 15 is 0 Å². The largest absolute Gasteiger partial charge is 0.299 e. The number of ketones is 1. The molecule has 0 aliphatic heterocycles. The van der Waals surface area contributed by atoms with Crippen LogP contribution in [0.25, 0.3) is 11.1 Å². The molecule has 2 heteroatoms.